The second-order valence-corrected chi connectivity index (χ2v) is 5.39. The van der Waals surface area contributed by atoms with E-state index in [1.807, 2.05) is 4.90 Å². The smallest absolute Gasteiger partial charge is 0.240 e. The molecule has 2 fully saturated rings. The van der Waals surface area contributed by atoms with E-state index in [9.17, 15) is 9.90 Å². The van der Waals surface area contributed by atoms with Crippen molar-refractivity contribution in [3.05, 3.63) is 0 Å². The molecule has 2 aliphatic rings. The minimum Gasteiger partial charge on any atom is -0.394 e. The lowest BCUT2D eigenvalue weighted by molar-refractivity contribution is -0.140. The predicted molar refractivity (Wildman–Crippen MR) is 62.1 cm³/mol. The van der Waals surface area contributed by atoms with Gasteiger partial charge in [-0.15, -0.1) is 0 Å². The number of nitrogens with one attached hydrogen (secondary N) is 1. The van der Waals surface area contributed by atoms with Crippen LogP contribution in [0.25, 0.3) is 0 Å². The zero-order chi connectivity index (χ0) is 11.8. The minimum absolute atomic E-state index is 0.0437. The van der Waals surface area contributed by atoms with Gasteiger partial charge >= 0.3 is 0 Å². The summed E-state index contributed by atoms with van der Waals surface area (Å²) in [6, 6.07) is 0.288. The zero-order valence-electron chi connectivity index (χ0n) is 10.2. The monoisotopic (exact) mass is 226 g/mol. The maximum atomic E-state index is 12.3. The molecule has 2 rings (SSSR count). The van der Waals surface area contributed by atoms with Crippen molar-refractivity contribution in [2.75, 3.05) is 13.2 Å². The van der Waals surface area contributed by atoms with Crippen molar-refractivity contribution in [3.8, 4) is 0 Å². The van der Waals surface area contributed by atoms with E-state index in [2.05, 4.69) is 19.2 Å². The van der Waals surface area contributed by atoms with Gasteiger partial charge in [-0.2, -0.15) is 0 Å². The van der Waals surface area contributed by atoms with E-state index in [-0.39, 0.29) is 24.1 Å². The normalized spacial score (nSPS) is 28.6. The fourth-order valence-corrected chi connectivity index (χ4v) is 2.56. The molecule has 92 valence electrons. The van der Waals surface area contributed by atoms with Crippen LogP contribution in [0.5, 0.6) is 0 Å². The Morgan fingerprint density at radius 3 is 2.75 bits per heavy atom. The second kappa shape index (κ2) is 4.34. The molecule has 0 aromatic carbocycles. The number of amides is 1. The fraction of sp³-hybridized carbons (Fsp3) is 0.917. The SMILES string of the molecule is CC(C)NC1CCCN(C2(CO)CC2)C1=O. The Hall–Kier alpha value is -0.610. The third-order valence-corrected chi connectivity index (χ3v) is 3.67. The number of rotatable bonds is 4. The van der Waals surface area contributed by atoms with E-state index in [1.54, 1.807) is 0 Å². The average Bonchev–Trinajstić information content (AvgIpc) is 3.01. The fourth-order valence-electron chi connectivity index (χ4n) is 2.56. The van der Waals surface area contributed by atoms with Gasteiger partial charge < -0.3 is 15.3 Å². The number of hydrogen-bond acceptors (Lipinski definition) is 3. The highest BCUT2D eigenvalue weighted by Gasteiger charge is 2.51. The highest BCUT2D eigenvalue weighted by molar-refractivity contribution is 5.83. The van der Waals surface area contributed by atoms with E-state index in [1.165, 1.54) is 0 Å². The van der Waals surface area contributed by atoms with Crippen LogP contribution in [-0.2, 0) is 4.79 Å². The molecule has 1 heterocycles. The molecule has 1 aliphatic heterocycles. The van der Waals surface area contributed by atoms with E-state index in [0.717, 1.165) is 32.2 Å². The van der Waals surface area contributed by atoms with Crippen LogP contribution >= 0.6 is 0 Å². The van der Waals surface area contributed by atoms with Crippen LogP contribution in [0, 0.1) is 0 Å². The number of carbonyl (C=O) groups is 1. The van der Waals surface area contributed by atoms with Crippen molar-refractivity contribution in [2.45, 2.75) is 57.2 Å². The van der Waals surface area contributed by atoms with Crippen molar-refractivity contribution in [1.29, 1.82) is 0 Å². The number of piperidine rings is 1. The Balaban J connectivity index is 2.02. The molecule has 0 aromatic rings. The second-order valence-electron chi connectivity index (χ2n) is 5.39. The molecular weight excluding hydrogens is 204 g/mol. The van der Waals surface area contributed by atoms with Crippen LogP contribution in [0.15, 0.2) is 0 Å². The van der Waals surface area contributed by atoms with Crippen LogP contribution in [0.1, 0.15) is 39.5 Å². The van der Waals surface area contributed by atoms with Crippen LogP contribution in [0.3, 0.4) is 0 Å². The third kappa shape index (κ3) is 2.09. The molecule has 1 amide bonds. The molecule has 1 saturated heterocycles. The molecule has 0 aromatic heterocycles. The van der Waals surface area contributed by atoms with Crippen LogP contribution < -0.4 is 5.32 Å². The van der Waals surface area contributed by atoms with Crippen molar-refractivity contribution in [3.63, 3.8) is 0 Å². The van der Waals surface area contributed by atoms with E-state index < -0.39 is 0 Å². The number of aliphatic hydroxyl groups is 1. The van der Waals surface area contributed by atoms with Gasteiger partial charge in [-0.3, -0.25) is 4.79 Å². The first-order valence-corrected chi connectivity index (χ1v) is 6.27. The summed E-state index contributed by atoms with van der Waals surface area (Å²) in [4.78, 5) is 14.2. The number of aliphatic hydroxyl groups excluding tert-OH is 1. The summed E-state index contributed by atoms with van der Waals surface area (Å²) < 4.78 is 0. The average molecular weight is 226 g/mol. The van der Waals surface area contributed by atoms with Gasteiger partial charge in [-0.1, -0.05) is 13.8 Å². The largest absolute Gasteiger partial charge is 0.394 e. The lowest BCUT2D eigenvalue weighted by atomic mass is 10.0. The molecular formula is C12H22N2O2. The summed E-state index contributed by atoms with van der Waals surface area (Å²) in [5.74, 6) is 0.187. The number of likely N-dealkylation sites (tertiary alicyclic amines) is 1. The summed E-state index contributed by atoms with van der Waals surface area (Å²) in [6.07, 6.45) is 3.89. The first kappa shape index (κ1) is 11.9. The quantitative estimate of drug-likeness (QED) is 0.734. The van der Waals surface area contributed by atoms with E-state index in [4.69, 9.17) is 0 Å². The molecule has 2 N–H and O–H groups in total. The standard InChI is InChI=1S/C12H22N2O2/c1-9(2)13-10-4-3-7-14(11(10)16)12(8-15)5-6-12/h9-10,13,15H,3-8H2,1-2H3. The van der Waals surface area contributed by atoms with Crippen LogP contribution in [-0.4, -0.2) is 46.7 Å². The zero-order valence-corrected chi connectivity index (χ0v) is 10.2. The van der Waals surface area contributed by atoms with Gasteiger partial charge in [0, 0.05) is 12.6 Å². The molecule has 4 heteroatoms. The Kier molecular flexibility index (Phi) is 3.22. The highest BCUT2D eigenvalue weighted by atomic mass is 16.3. The van der Waals surface area contributed by atoms with Gasteiger partial charge in [0.15, 0.2) is 0 Å². The molecule has 0 radical (unpaired) electrons. The van der Waals surface area contributed by atoms with Gasteiger partial charge in [0.25, 0.3) is 0 Å². The maximum absolute atomic E-state index is 12.3. The van der Waals surface area contributed by atoms with Gasteiger partial charge in [0.1, 0.15) is 0 Å². The van der Waals surface area contributed by atoms with Gasteiger partial charge in [0.05, 0.1) is 18.2 Å². The topological polar surface area (TPSA) is 52.6 Å². The predicted octanol–water partition coefficient (Wildman–Crippen LogP) is 0.500. The molecule has 1 unspecified atom stereocenters. The molecule has 0 spiro atoms. The van der Waals surface area contributed by atoms with Crippen LogP contribution in [0.2, 0.25) is 0 Å². The summed E-state index contributed by atoms with van der Waals surface area (Å²) in [5.41, 5.74) is -0.200. The molecule has 4 nitrogen and oxygen atoms in total. The molecule has 16 heavy (non-hydrogen) atoms. The molecule has 1 aliphatic carbocycles. The first-order valence-electron chi connectivity index (χ1n) is 6.27. The molecule has 0 bridgehead atoms. The van der Waals surface area contributed by atoms with Crippen molar-refractivity contribution < 1.29 is 9.90 Å². The summed E-state index contributed by atoms with van der Waals surface area (Å²) in [5, 5.41) is 12.7. The third-order valence-electron chi connectivity index (χ3n) is 3.67. The first-order chi connectivity index (χ1) is 7.59. The summed E-state index contributed by atoms with van der Waals surface area (Å²) >= 11 is 0. The number of carbonyl (C=O) groups excluding carboxylic acids is 1. The Morgan fingerprint density at radius 2 is 2.25 bits per heavy atom. The highest BCUT2D eigenvalue weighted by Crippen LogP contribution is 2.42. The summed E-state index contributed by atoms with van der Waals surface area (Å²) in [7, 11) is 0. The van der Waals surface area contributed by atoms with Crippen LogP contribution in [0.4, 0.5) is 0 Å². The lowest BCUT2D eigenvalue weighted by Gasteiger charge is -2.38. The van der Waals surface area contributed by atoms with E-state index in [0.29, 0.717) is 6.04 Å². The van der Waals surface area contributed by atoms with Crippen molar-refractivity contribution >= 4 is 5.91 Å². The van der Waals surface area contributed by atoms with Gasteiger partial charge in [0.2, 0.25) is 5.91 Å². The Morgan fingerprint density at radius 1 is 1.56 bits per heavy atom. The lowest BCUT2D eigenvalue weighted by Crippen LogP contribution is -2.57. The van der Waals surface area contributed by atoms with Gasteiger partial charge in [-0.25, -0.2) is 0 Å². The van der Waals surface area contributed by atoms with Crippen molar-refractivity contribution in [1.82, 2.24) is 10.2 Å². The number of hydrogen-bond donors (Lipinski definition) is 2. The molecule has 1 atom stereocenters. The Labute approximate surface area is 97.0 Å². The Bertz CT molecular complexity index is 274. The minimum atomic E-state index is -0.200. The maximum Gasteiger partial charge on any atom is 0.240 e. The van der Waals surface area contributed by atoms with Crippen molar-refractivity contribution in [2.24, 2.45) is 0 Å². The molecule has 1 saturated carbocycles. The van der Waals surface area contributed by atoms with Gasteiger partial charge in [-0.05, 0) is 25.7 Å². The number of nitrogens with zero attached hydrogens (tertiary/aromatic N) is 1. The summed E-state index contributed by atoms with van der Waals surface area (Å²) in [6.45, 7) is 5.05. The van der Waals surface area contributed by atoms with E-state index >= 15 is 0 Å².